The Labute approximate surface area is 126 Å². The summed E-state index contributed by atoms with van der Waals surface area (Å²) in [7, 11) is 2.18. The number of likely N-dealkylation sites (N-methyl/N-ethyl adjacent to an activating group) is 1. The Balaban J connectivity index is 2.09. The molecule has 20 heavy (non-hydrogen) atoms. The first-order valence-corrected chi connectivity index (χ1v) is 9.15. The molecular formula is C18H36N2. The maximum Gasteiger partial charge on any atom is 0.0252 e. The van der Waals surface area contributed by atoms with E-state index < -0.39 is 0 Å². The first kappa shape index (κ1) is 16.3. The molecule has 0 radical (unpaired) electrons. The second-order valence-corrected chi connectivity index (χ2v) is 7.48. The van der Waals surface area contributed by atoms with Crippen LogP contribution >= 0.6 is 0 Å². The molecule has 0 spiro atoms. The molecule has 0 aromatic carbocycles. The van der Waals surface area contributed by atoms with Gasteiger partial charge in [-0.3, -0.25) is 4.90 Å². The van der Waals surface area contributed by atoms with Crippen molar-refractivity contribution in [1.29, 1.82) is 0 Å². The second kappa shape index (κ2) is 8.38. The van der Waals surface area contributed by atoms with Gasteiger partial charge in [0.15, 0.2) is 0 Å². The molecule has 2 aliphatic rings. The zero-order chi connectivity index (χ0) is 14.4. The van der Waals surface area contributed by atoms with Gasteiger partial charge in [-0.05, 0) is 38.6 Å². The third-order valence-corrected chi connectivity index (χ3v) is 5.40. The van der Waals surface area contributed by atoms with Gasteiger partial charge in [-0.25, -0.2) is 0 Å². The number of nitrogens with one attached hydrogen (secondary N) is 1. The fraction of sp³-hybridized carbons (Fsp3) is 1.00. The fourth-order valence-electron chi connectivity index (χ4n) is 4.41. The van der Waals surface area contributed by atoms with Crippen molar-refractivity contribution in [3.63, 3.8) is 0 Å². The van der Waals surface area contributed by atoms with Crippen molar-refractivity contribution in [2.45, 2.75) is 96.2 Å². The SMILES string of the molecule is CNC1CCCCCCC1N(CC(C)C)C1CCCC1. The summed E-state index contributed by atoms with van der Waals surface area (Å²) in [5.74, 6) is 0.790. The van der Waals surface area contributed by atoms with E-state index in [1.165, 1.54) is 70.8 Å². The van der Waals surface area contributed by atoms with Crippen LogP contribution in [0.4, 0.5) is 0 Å². The van der Waals surface area contributed by atoms with Crippen LogP contribution in [-0.2, 0) is 0 Å². The highest BCUT2D eigenvalue weighted by atomic mass is 15.2. The summed E-state index contributed by atoms with van der Waals surface area (Å²) < 4.78 is 0. The molecule has 0 aromatic rings. The topological polar surface area (TPSA) is 15.3 Å². The molecule has 2 heteroatoms. The van der Waals surface area contributed by atoms with Crippen LogP contribution < -0.4 is 5.32 Å². The van der Waals surface area contributed by atoms with Crippen LogP contribution in [-0.4, -0.2) is 36.6 Å². The molecule has 0 aromatic heterocycles. The summed E-state index contributed by atoms with van der Waals surface area (Å²) in [5.41, 5.74) is 0. The van der Waals surface area contributed by atoms with Gasteiger partial charge in [0, 0.05) is 24.7 Å². The third kappa shape index (κ3) is 4.46. The van der Waals surface area contributed by atoms with Crippen LogP contribution in [0, 0.1) is 5.92 Å². The zero-order valence-electron chi connectivity index (χ0n) is 14.0. The average Bonchev–Trinajstić information content (AvgIpc) is 2.90. The second-order valence-electron chi connectivity index (χ2n) is 7.48. The molecule has 118 valence electrons. The summed E-state index contributed by atoms with van der Waals surface area (Å²) in [6.45, 7) is 6.08. The predicted octanol–water partition coefficient (Wildman–Crippen LogP) is 4.20. The van der Waals surface area contributed by atoms with E-state index in [0.717, 1.165) is 24.0 Å². The Morgan fingerprint density at radius 1 is 0.900 bits per heavy atom. The highest BCUT2D eigenvalue weighted by Crippen LogP contribution is 2.30. The molecule has 1 N–H and O–H groups in total. The molecule has 2 fully saturated rings. The van der Waals surface area contributed by atoms with E-state index in [9.17, 15) is 0 Å². The third-order valence-electron chi connectivity index (χ3n) is 5.40. The average molecular weight is 281 g/mol. The van der Waals surface area contributed by atoms with Crippen molar-refractivity contribution in [2.75, 3.05) is 13.6 Å². The van der Waals surface area contributed by atoms with Crippen LogP contribution in [0.5, 0.6) is 0 Å². The molecule has 0 aliphatic heterocycles. The van der Waals surface area contributed by atoms with E-state index in [1.54, 1.807) is 0 Å². The van der Waals surface area contributed by atoms with E-state index in [1.807, 2.05) is 0 Å². The van der Waals surface area contributed by atoms with Gasteiger partial charge in [-0.2, -0.15) is 0 Å². The molecule has 0 saturated heterocycles. The molecule has 0 heterocycles. The van der Waals surface area contributed by atoms with E-state index >= 15 is 0 Å². The lowest BCUT2D eigenvalue weighted by Crippen LogP contribution is -2.53. The van der Waals surface area contributed by atoms with Gasteiger partial charge in [0.25, 0.3) is 0 Å². The Morgan fingerprint density at radius 2 is 1.50 bits per heavy atom. The summed E-state index contributed by atoms with van der Waals surface area (Å²) in [6.07, 6.45) is 14.3. The summed E-state index contributed by atoms with van der Waals surface area (Å²) in [5, 5.41) is 3.66. The molecule has 0 bridgehead atoms. The molecule has 2 nitrogen and oxygen atoms in total. The van der Waals surface area contributed by atoms with Gasteiger partial charge < -0.3 is 5.32 Å². The fourth-order valence-corrected chi connectivity index (χ4v) is 4.41. The monoisotopic (exact) mass is 280 g/mol. The first-order valence-electron chi connectivity index (χ1n) is 9.15. The number of hydrogen-bond acceptors (Lipinski definition) is 2. The summed E-state index contributed by atoms with van der Waals surface area (Å²) >= 11 is 0. The van der Waals surface area contributed by atoms with Crippen LogP contribution in [0.1, 0.15) is 78.1 Å². The standard InChI is InChI=1S/C18H36N2/c1-15(2)14-20(16-10-8-9-11-16)18-13-7-5-4-6-12-17(18)19-3/h15-19H,4-14H2,1-3H3. The van der Waals surface area contributed by atoms with Crippen molar-refractivity contribution in [3.8, 4) is 0 Å². The van der Waals surface area contributed by atoms with Crippen LogP contribution in [0.15, 0.2) is 0 Å². The Hall–Kier alpha value is -0.0800. The van der Waals surface area contributed by atoms with Gasteiger partial charge >= 0.3 is 0 Å². The van der Waals surface area contributed by atoms with Gasteiger partial charge in [0.1, 0.15) is 0 Å². The van der Waals surface area contributed by atoms with Crippen molar-refractivity contribution < 1.29 is 0 Å². The Bertz CT molecular complexity index is 258. The largest absolute Gasteiger partial charge is 0.315 e. The van der Waals surface area contributed by atoms with Crippen LogP contribution in [0.2, 0.25) is 0 Å². The number of nitrogens with zero attached hydrogens (tertiary/aromatic N) is 1. The van der Waals surface area contributed by atoms with E-state index in [4.69, 9.17) is 0 Å². The maximum absolute atomic E-state index is 3.66. The lowest BCUT2D eigenvalue weighted by molar-refractivity contribution is 0.0786. The minimum absolute atomic E-state index is 0.717. The molecule has 2 atom stereocenters. The predicted molar refractivity (Wildman–Crippen MR) is 88.1 cm³/mol. The molecule has 0 amide bonds. The highest BCUT2D eigenvalue weighted by Gasteiger charge is 2.33. The minimum Gasteiger partial charge on any atom is -0.315 e. The zero-order valence-corrected chi connectivity index (χ0v) is 14.0. The summed E-state index contributed by atoms with van der Waals surface area (Å²) in [6, 6.07) is 2.37. The van der Waals surface area contributed by atoms with Crippen molar-refractivity contribution in [2.24, 2.45) is 5.92 Å². The highest BCUT2D eigenvalue weighted by molar-refractivity contribution is 4.90. The van der Waals surface area contributed by atoms with E-state index in [2.05, 4.69) is 31.1 Å². The van der Waals surface area contributed by atoms with Crippen LogP contribution in [0.25, 0.3) is 0 Å². The first-order chi connectivity index (χ1) is 9.72. The Kier molecular flexibility index (Phi) is 6.83. The lowest BCUT2D eigenvalue weighted by Gasteiger charge is -2.42. The van der Waals surface area contributed by atoms with Gasteiger partial charge in [-0.1, -0.05) is 52.4 Å². The van der Waals surface area contributed by atoms with Gasteiger partial charge in [0.2, 0.25) is 0 Å². The minimum atomic E-state index is 0.717. The van der Waals surface area contributed by atoms with Crippen LogP contribution in [0.3, 0.4) is 0 Å². The van der Waals surface area contributed by atoms with Gasteiger partial charge in [0.05, 0.1) is 0 Å². The molecule has 2 unspecified atom stereocenters. The van der Waals surface area contributed by atoms with Gasteiger partial charge in [-0.15, -0.1) is 0 Å². The smallest absolute Gasteiger partial charge is 0.0252 e. The van der Waals surface area contributed by atoms with Crippen molar-refractivity contribution in [1.82, 2.24) is 10.2 Å². The molecule has 2 saturated carbocycles. The van der Waals surface area contributed by atoms with E-state index in [0.29, 0.717) is 0 Å². The number of rotatable bonds is 5. The van der Waals surface area contributed by atoms with Crippen molar-refractivity contribution >= 4 is 0 Å². The number of hydrogen-bond donors (Lipinski definition) is 1. The Morgan fingerprint density at radius 3 is 2.10 bits per heavy atom. The lowest BCUT2D eigenvalue weighted by atomic mass is 9.89. The molecule has 2 aliphatic carbocycles. The van der Waals surface area contributed by atoms with E-state index in [-0.39, 0.29) is 0 Å². The quantitative estimate of drug-likeness (QED) is 0.812. The molecular weight excluding hydrogens is 244 g/mol. The molecule has 2 rings (SSSR count). The summed E-state index contributed by atoms with van der Waals surface area (Å²) in [4.78, 5) is 2.92. The van der Waals surface area contributed by atoms with Crippen molar-refractivity contribution in [3.05, 3.63) is 0 Å². The normalized spacial score (nSPS) is 29.9. The maximum atomic E-state index is 3.66.